The Bertz CT molecular complexity index is 2060. The first-order valence-corrected chi connectivity index (χ1v) is 26.7. The van der Waals surface area contributed by atoms with E-state index in [0.717, 1.165) is 41.5 Å². The zero-order valence-electron chi connectivity index (χ0n) is 43.7. The van der Waals surface area contributed by atoms with Gasteiger partial charge in [-0.15, -0.1) is 0 Å². The van der Waals surface area contributed by atoms with Crippen LogP contribution in [-0.4, -0.2) is 72.9 Å². The van der Waals surface area contributed by atoms with Crippen LogP contribution in [0.4, 0.5) is 4.79 Å². The Hall–Kier alpha value is -4.39. The first-order chi connectivity index (χ1) is 34.5. The number of carbonyl (C=O) groups excluding carboxylic acids is 1. The van der Waals surface area contributed by atoms with Gasteiger partial charge in [-0.1, -0.05) is 217 Å². The third-order valence-electron chi connectivity index (χ3n) is 13.0. The molecular formula is C61H85NO9. The van der Waals surface area contributed by atoms with E-state index < -0.39 is 60.1 Å². The molecule has 1 amide bonds. The lowest BCUT2D eigenvalue weighted by Gasteiger charge is -2.45. The van der Waals surface area contributed by atoms with E-state index in [9.17, 15) is 4.79 Å². The van der Waals surface area contributed by atoms with Crippen molar-refractivity contribution >= 4 is 6.09 Å². The number of amides is 1. The van der Waals surface area contributed by atoms with Crippen LogP contribution < -0.4 is 5.32 Å². The van der Waals surface area contributed by atoms with Crippen molar-refractivity contribution in [3.63, 3.8) is 0 Å². The number of carbonyl (C=O) groups is 1. The molecule has 2 aliphatic rings. The van der Waals surface area contributed by atoms with Crippen molar-refractivity contribution < 1.29 is 42.7 Å². The normalized spacial score (nSPS) is 22.6. The summed E-state index contributed by atoms with van der Waals surface area (Å²) in [6, 6.07) is 39.9. The largest absolute Gasteiger partial charge is 0.444 e. The van der Waals surface area contributed by atoms with Crippen LogP contribution in [0.25, 0.3) is 0 Å². The van der Waals surface area contributed by atoms with E-state index in [1.165, 1.54) is 64.2 Å². The molecule has 10 heteroatoms. The van der Waals surface area contributed by atoms with E-state index in [4.69, 9.17) is 37.9 Å². The molecule has 2 unspecified atom stereocenters. The molecule has 0 spiro atoms. The maximum absolute atomic E-state index is 13.8. The van der Waals surface area contributed by atoms with E-state index in [2.05, 4.69) is 60.8 Å². The molecular weight excluding hydrogens is 891 g/mol. The Kier molecular flexibility index (Phi) is 23.6. The summed E-state index contributed by atoms with van der Waals surface area (Å²) in [6.45, 7) is 13.3. The quantitative estimate of drug-likeness (QED) is 0.0404. The van der Waals surface area contributed by atoms with Crippen molar-refractivity contribution in [3.8, 4) is 0 Å². The zero-order valence-corrected chi connectivity index (χ0v) is 43.7. The summed E-state index contributed by atoms with van der Waals surface area (Å²) in [7, 11) is 0. The minimum absolute atomic E-state index is 0.226. The minimum Gasteiger partial charge on any atom is -0.444 e. The summed E-state index contributed by atoms with van der Waals surface area (Å²) in [4.78, 5) is 13.8. The van der Waals surface area contributed by atoms with E-state index in [-0.39, 0.29) is 12.7 Å². The van der Waals surface area contributed by atoms with Crippen LogP contribution in [0.3, 0.4) is 0 Å². The van der Waals surface area contributed by atoms with Crippen LogP contribution in [-0.2, 0) is 64.3 Å². The fraction of sp³-hybridized carbons (Fsp3) is 0.557. The Morgan fingerprint density at radius 2 is 1.04 bits per heavy atom. The Morgan fingerprint density at radius 1 is 0.592 bits per heavy atom. The summed E-state index contributed by atoms with van der Waals surface area (Å²) in [5.74, 6) is -0.863. The Balaban J connectivity index is 1.28. The van der Waals surface area contributed by atoms with E-state index in [0.29, 0.717) is 26.4 Å². The summed E-state index contributed by atoms with van der Waals surface area (Å²) in [6.07, 6.45) is 15.6. The molecule has 4 aromatic carbocycles. The van der Waals surface area contributed by atoms with Gasteiger partial charge in [0.05, 0.1) is 45.2 Å². The fourth-order valence-electron chi connectivity index (χ4n) is 9.47. The van der Waals surface area contributed by atoms with Crippen LogP contribution in [0.2, 0.25) is 0 Å². The van der Waals surface area contributed by atoms with E-state index in [1.54, 1.807) is 0 Å². The Morgan fingerprint density at radius 3 is 1.54 bits per heavy atom. The van der Waals surface area contributed by atoms with Crippen LogP contribution in [0.15, 0.2) is 133 Å². The predicted octanol–water partition coefficient (Wildman–Crippen LogP) is 13.8. The second-order valence-electron chi connectivity index (χ2n) is 20.8. The monoisotopic (exact) mass is 976 g/mol. The number of unbranched alkanes of at least 4 members (excludes halogenated alkanes) is 11. The van der Waals surface area contributed by atoms with E-state index in [1.807, 2.05) is 120 Å². The summed E-state index contributed by atoms with van der Waals surface area (Å²) < 4.78 is 53.8. The molecule has 0 radical (unpaired) electrons. The molecule has 10 nitrogen and oxygen atoms in total. The standard InChI is InChI=1S/C61H85NO9/c1-7-8-9-10-11-12-13-14-15-16-17-30-39-53-55(70-61(5,6)69-53)51(62-59(63)71-60(2,3)4)40-41-52-56(65-43-48-33-24-19-25-34-48)58(67-45-50-37-28-21-29-38-50)57(66-44-49-35-26-20-27-36-49)54(68-52)46-64-42-47-31-22-18-23-32-47/h18-29,31-38,40-41,51-58H,7-17,30,39,42-46H2,1-6H3,(H,62,63)/b41-40-/t51-,52+,53+,54?,55-,56?,57-,58-/m0/s1. The zero-order chi connectivity index (χ0) is 50.2. The van der Waals surface area contributed by atoms with Gasteiger partial charge in [0.2, 0.25) is 0 Å². The molecule has 0 saturated carbocycles. The van der Waals surface area contributed by atoms with Crippen LogP contribution in [0, 0.1) is 0 Å². The van der Waals surface area contributed by atoms with Gasteiger partial charge in [-0.2, -0.15) is 0 Å². The third kappa shape index (κ3) is 20.2. The van der Waals surface area contributed by atoms with Crippen molar-refractivity contribution in [1.82, 2.24) is 5.32 Å². The first kappa shape index (κ1) is 55.9. The molecule has 1 N–H and O–H groups in total. The Labute approximate surface area is 426 Å². The maximum atomic E-state index is 13.8. The van der Waals surface area contributed by atoms with Gasteiger partial charge in [-0.25, -0.2) is 4.79 Å². The topological polar surface area (TPSA) is 103 Å². The smallest absolute Gasteiger partial charge is 0.408 e. The van der Waals surface area contributed by atoms with Crippen molar-refractivity contribution in [2.45, 2.75) is 212 Å². The predicted molar refractivity (Wildman–Crippen MR) is 282 cm³/mol. The molecule has 388 valence electrons. The SMILES string of the molecule is CCCCCCCCCCCCCC[C@H]1OC(C)(C)O[C@H]1[C@H](/C=C\[C@H]1OC(COCc2ccccc2)[C@H](OCc2ccccc2)[C@@H](OCc2ccccc2)C1OCc1ccccc1)NC(=O)OC(C)(C)C. The van der Waals surface area contributed by atoms with Gasteiger partial charge >= 0.3 is 6.09 Å². The highest BCUT2D eigenvalue weighted by Crippen LogP contribution is 2.35. The number of alkyl carbamates (subject to hydrolysis) is 1. The molecule has 0 bridgehead atoms. The molecule has 2 heterocycles. The molecule has 8 atom stereocenters. The molecule has 71 heavy (non-hydrogen) atoms. The first-order valence-electron chi connectivity index (χ1n) is 26.7. The summed E-state index contributed by atoms with van der Waals surface area (Å²) >= 11 is 0. The van der Waals surface area contributed by atoms with Gasteiger partial charge < -0.3 is 43.2 Å². The number of rotatable bonds is 30. The fourth-order valence-corrected chi connectivity index (χ4v) is 9.47. The maximum Gasteiger partial charge on any atom is 0.408 e. The highest BCUT2D eigenvalue weighted by atomic mass is 16.8. The molecule has 4 aromatic rings. The molecule has 0 aromatic heterocycles. The second-order valence-corrected chi connectivity index (χ2v) is 20.8. The van der Waals surface area contributed by atoms with Gasteiger partial charge in [0, 0.05) is 0 Å². The highest BCUT2D eigenvalue weighted by Gasteiger charge is 2.49. The number of ether oxygens (including phenoxy) is 8. The van der Waals surface area contributed by atoms with Crippen molar-refractivity contribution in [2.75, 3.05) is 6.61 Å². The third-order valence-corrected chi connectivity index (χ3v) is 13.0. The van der Waals surface area contributed by atoms with Crippen molar-refractivity contribution in [2.24, 2.45) is 0 Å². The lowest BCUT2D eigenvalue weighted by atomic mass is 9.92. The van der Waals surface area contributed by atoms with Crippen LogP contribution in [0.5, 0.6) is 0 Å². The number of nitrogens with one attached hydrogen (secondary N) is 1. The lowest BCUT2D eigenvalue weighted by molar-refractivity contribution is -0.263. The van der Waals surface area contributed by atoms with Gasteiger partial charge in [0.15, 0.2) is 5.79 Å². The van der Waals surface area contributed by atoms with Crippen molar-refractivity contribution in [1.29, 1.82) is 0 Å². The lowest BCUT2D eigenvalue weighted by Crippen LogP contribution is -2.60. The highest BCUT2D eigenvalue weighted by molar-refractivity contribution is 5.68. The van der Waals surface area contributed by atoms with Gasteiger partial charge in [-0.3, -0.25) is 0 Å². The van der Waals surface area contributed by atoms with Crippen molar-refractivity contribution in [3.05, 3.63) is 156 Å². The minimum atomic E-state index is -0.863. The molecule has 2 aliphatic heterocycles. The summed E-state index contributed by atoms with van der Waals surface area (Å²) in [5.41, 5.74) is 3.40. The van der Waals surface area contributed by atoms with Gasteiger partial charge in [0.1, 0.15) is 42.2 Å². The second kappa shape index (κ2) is 30.0. The van der Waals surface area contributed by atoms with Gasteiger partial charge in [0.25, 0.3) is 0 Å². The number of hydrogen-bond acceptors (Lipinski definition) is 9. The average molecular weight is 976 g/mol. The molecule has 0 aliphatic carbocycles. The molecule has 6 rings (SSSR count). The van der Waals surface area contributed by atoms with Crippen LogP contribution in [0.1, 0.15) is 147 Å². The van der Waals surface area contributed by atoms with E-state index >= 15 is 0 Å². The number of benzene rings is 4. The molecule has 2 saturated heterocycles. The molecule has 2 fully saturated rings. The number of hydrogen-bond donors (Lipinski definition) is 1. The summed E-state index contributed by atoms with van der Waals surface area (Å²) in [5, 5.41) is 3.18. The average Bonchev–Trinajstić information content (AvgIpc) is 3.68. The van der Waals surface area contributed by atoms with Crippen LogP contribution >= 0.6 is 0 Å². The van der Waals surface area contributed by atoms with Gasteiger partial charge in [-0.05, 0) is 63.3 Å².